The minimum atomic E-state index is -0.375. The summed E-state index contributed by atoms with van der Waals surface area (Å²) in [7, 11) is 1.37. The van der Waals surface area contributed by atoms with Gasteiger partial charge in [-0.25, -0.2) is 4.79 Å². The molecule has 0 aliphatic rings. The van der Waals surface area contributed by atoms with Crippen LogP contribution in [0.5, 0.6) is 0 Å². The van der Waals surface area contributed by atoms with Gasteiger partial charge in [-0.05, 0) is 36.2 Å². The van der Waals surface area contributed by atoms with Gasteiger partial charge in [0, 0.05) is 16.4 Å². The number of hydrogen-bond donors (Lipinski definition) is 2. The minimum Gasteiger partial charge on any atom is -0.465 e. The van der Waals surface area contributed by atoms with E-state index in [-0.39, 0.29) is 5.97 Å². The van der Waals surface area contributed by atoms with Gasteiger partial charge in [-0.15, -0.1) is 11.3 Å². The van der Waals surface area contributed by atoms with Crippen LogP contribution in [0.3, 0.4) is 0 Å². The Morgan fingerprint density at radius 3 is 2.39 bits per heavy atom. The molecule has 1 heterocycles. The van der Waals surface area contributed by atoms with Crippen LogP contribution < -0.4 is 10.6 Å². The molecule has 4 nitrogen and oxygen atoms in total. The topological polar surface area (TPSA) is 50.4 Å². The van der Waals surface area contributed by atoms with Gasteiger partial charge in [0.1, 0.15) is 0 Å². The van der Waals surface area contributed by atoms with Gasteiger partial charge in [-0.1, -0.05) is 32.0 Å². The van der Waals surface area contributed by atoms with E-state index in [1.54, 1.807) is 5.38 Å². The second-order valence-corrected chi connectivity index (χ2v) is 6.08. The summed E-state index contributed by atoms with van der Waals surface area (Å²) in [5, 5.41) is 10.4. The van der Waals surface area contributed by atoms with Crippen LogP contribution in [0.15, 0.2) is 29.0 Å². The fourth-order valence-corrected chi connectivity index (χ4v) is 3.29. The standard InChI is InChI=1S/C17H20N2O2S2/c1-4-11-7-6-8-12(5-2)15(11)19-17(22)18-14-10-23-9-13(14)16(20)21-3/h6-10H,4-5H2,1-3H3,(H2,18,19,22). The molecule has 0 unspecified atom stereocenters. The molecule has 0 amide bonds. The first-order chi connectivity index (χ1) is 11.1. The van der Waals surface area contributed by atoms with E-state index >= 15 is 0 Å². The van der Waals surface area contributed by atoms with Crippen LogP contribution in [0.1, 0.15) is 35.3 Å². The molecule has 0 aliphatic carbocycles. The number of nitrogens with one attached hydrogen (secondary N) is 2. The third-order valence-electron chi connectivity index (χ3n) is 3.55. The van der Waals surface area contributed by atoms with Crippen LogP contribution in [0.2, 0.25) is 0 Å². The van der Waals surface area contributed by atoms with E-state index < -0.39 is 0 Å². The zero-order chi connectivity index (χ0) is 16.8. The molecule has 1 aromatic heterocycles. The van der Waals surface area contributed by atoms with E-state index in [1.807, 2.05) is 5.38 Å². The van der Waals surface area contributed by atoms with Crippen molar-refractivity contribution in [2.75, 3.05) is 17.7 Å². The molecule has 23 heavy (non-hydrogen) atoms. The highest BCUT2D eigenvalue weighted by Crippen LogP contribution is 2.25. The third kappa shape index (κ3) is 4.09. The van der Waals surface area contributed by atoms with Crippen molar-refractivity contribution in [2.45, 2.75) is 26.7 Å². The summed E-state index contributed by atoms with van der Waals surface area (Å²) in [6.45, 7) is 4.23. The van der Waals surface area contributed by atoms with Crippen LogP contribution in [-0.4, -0.2) is 18.2 Å². The number of rotatable bonds is 5. The highest BCUT2D eigenvalue weighted by Gasteiger charge is 2.14. The van der Waals surface area contributed by atoms with Crippen LogP contribution in [0.4, 0.5) is 11.4 Å². The zero-order valence-corrected chi connectivity index (χ0v) is 15.1. The summed E-state index contributed by atoms with van der Waals surface area (Å²) >= 11 is 6.83. The Bertz CT molecular complexity index is 688. The summed E-state index contributed by atoms with van der Waals surface area (Å²) in [6, 6.07) is 6.25. The lowest BCUT2D eigenvalue weighted by molar-refractivity contribution is 0.0602. The Morgan fingerprint density at radius 2 is 1.83 bits per heavy atom. The molecule has 0 saturated carbocycles. The van der Waals surface area contributed by atoms with Crippen molar-refractivity contribution in [2.24, 2.45) is 0 Å². The fourth-order valence-electron chi connectivity index (χ4n) is 2.33. The van der Waals surface area contributed by atoms with Crippen LogP contribution in [0.25, 0.3) is 0 Å². The molecule has 2 rings (SSSR count). The maximum Gasteiger partial charge on any atom is 0.340 e. The Balaban J connectivity index is 2.18. The Labute approximate surface area is 145 Å². The monoisotopic (exact) mass is 348 g/mol. The number of aryl methyl sites for hydroxylation is 2. The Kier molecular flexibility index (Phi) is 6.12. The van der Waals surface area contributed by atoms with E-state index in [1.165, 1.54) is 29.6 Å². The molecule has 0 fully saturated rings. The number of para-hydroxylation sites is 1. The van der Waals surface area contributed by atoms with Crippen molar-refractivity contribution in [3.05, 3.63) is 45.6 Å². The van der Waals surface area contributed by atoms with Gasteiger partial charge in [-0.2, -0.15) is 0 Å². The lowest BCUT2D eigenvalue weighted by Gasteiger charge is -2.17. The number of methoxy groups -OCH3 is 1. The fraction of sp³-hybridized carbons (Fsp3) is 0.294. The predicted molar refractivity (Wildman–Crippen MR) is 101 cm³/mol. The van der Waals surface area contributed by atoms with Crippen molar-refractivity contribution < 1.29 is 9.53 Å². The van der Waals surface area contributed by atoms with Crippen molar-refractivity contribution in [3.63, 3.8) is 0 Å². The number of hydrogen-bond acceptors (Lipinski definition) is 4. The number of thiocarbonyl (C=S) groups is 1. The largest absolute Gasteiger partial charge is 0.465 e. The van der Waals surface area contributed by atoms with Gasteiger partial charge in [0.2, 0.25) is 0 Å². The molecule has 122 valence electrons. The molecule has 2 aromatic rings. The van der Waals surface area contributed by atoms with Gasteiger partial charge >= 0.3 is 5.97 Å². The van der Waals surface area contributed by atoms with Crippen LogP contribution in [-0.2, 0) is 17.6 Å². The first-order valence-corrected chi connectivity index (χ1v) is 8.79. The molecular weight excluding hydrogens is 328 g/mol. The number of carbonyl (C=O) groups is 1. The van der Waals surface area contributed by atoms with Crippen molar-refractivity contribution in [1.82, 2.24) is 0 Å². The maximum absolute atomic E-state index is 11.7. The number of carbonyl (C=O) groups excluding carboxylic acids is 1. The number of esters is 1. The summed E-state index contributed by atoms with van der Waals surface area (Å²) in [5.74, 6) is -0.375. The van der Waals surface area contributed by atoms with E-state index in [0.29, 0.717) is 16.4 Å². The molecule has 0 saturated heterocycles. The smallest absolute Gasteiger partial charge is 0.340 e. The number of ether oxygens (including phenoxy) is 1. The average molecular weight is 348 g/mol. The number of thiophene rings is 1. The van der Waals surface area contributed by atoms with Crippen LogP contribution in [0, 0.1) is 0 Å². The Morgan fingerprint density at radius 1 is 1.17 bits per heavy atom. The normalized spacial score (nSPS) is 10.2. The lowest BCUT2D eigenvalue weighted by atomic mass is 10.0. The molecule has 0 radical (unpaired) electrons. The SMILES string of the molecule is CCc1cccc(CC)c1NC(=S)Nc1cscc1C(=O)OC. The minimum absolute atomic E-state index is 0.375. The van der Waals surface area contributed by atoms with E-state index in [4.69, 9.17) is 17.0 Å². The second kappa shape index (κ2) is 8.08. The lowest BCUT2D eigenvalue weighted by Crippen LogP contribution is -2.21. The van der Waals surface area contributed by atoms with Crippen LogP contribution >= 0.6 is 23.6 Å². The van der Waals surface area contributed by atoms with E-state index in [0.717, 1.165) is 18.5 Å². The van der Waals surface area contributed by atoms with Crippen molar-refractivity contribution in [3.8, 4) is 0 Å². The molecule has 2 N–H and O–H groups in total. The van der Waals surface area contributed by atoms with Gasteiger partial charge in [0.05, 0.1) is 18.4 Å². The van der Waals surface area contributed by atoms with Crippen molar-refractivity contribution in [1.29, 1.82) is 0 Å². The van der Waals surface area contributed by atoms with Gasteiger partial charge in [0.25, 0.3) is 0 Å². The molecule has 0 atom stereocenters. The van der Waals surface area contributed by atoms with Gasteiger partial charge in [-0.3, -0.25) is 0 Å². The summed E-state index contributed by atoms with van der Waals surface area (Å²) in [5.41, 5.74) is 4.62. The quantitative estimate of drug-likeness (QED) is 0.617. The zero-order valence-electron chi connectivity index (χ0n) is 13.4. The highest BCUT2D eigenvalue weighted by molar-refractivity contribution is 7.80. The van der Waals surface area contributed by atoms with Gasteiger partial charge in [0.15, 0.2) is 5.11 Å². The first-order valence-electron chi connectivity index (χ1n) is 7.43. The molecular formula is C17H20N2O2S2. The highest BCUT2D eigenvalue weighted by atomic mass is 32.1. The predicted octanol–water partition coefficient (Wildman–Crippen LogP) is 4.47. The first kappa shape index (κ1) is 17.4. The van der Waals surface area contributed by atoms with E-state index in [9.17, 15) is 4.79 Å². The summed E-state index contributed by atoms with van der Waals surface area (Å²) in [4.78, 5) is 11.7. The molecule has 0 bridgehead atoms. The molecule has 0 aliphatic heterocycles. The molecule has 1 aromatic carbocycles. The van der Waals surface area contributed by atoms with Crippen molar-refractivity contribution >= 4 is 46.0 Å². The summed E-state index contributed by atoms with van der Waals surface area (Å²) < 4.78 is 4.77. The Hall–Kier alpha value is -1.92. The van der Waals surface area contributed by atoms with Gasteiger partial charge < -0.3 is 15.4 Å². The molecule has 6 heteroatoms. The maximum atomic E-state index is 11.7. The number of anilines is 2. The average Bonchev–Trinajstić information content (AvgIpc) is 3.02. The van der Waals surface area contributed by atoms with E-state index in [2.05, 4.69) is 42.7 Å². The second-order valence-electron chi connectivity index (χ2n) is 4.93. The number of benzene rings is 1. The third-order valence-corrected chi connectivity index (χ3v) is 4.50. The summed E-state index contributed by atoms with van der Waals surface area (Å²) in [6.07, 6.45) is 1.84. The molecule has 0 spiro atoms.